The Balaban J connectivity index is 1.74. The summed E-state index contributed by atoms with van der Waals surface area (Å²) in [6, 6.07) is 15.9. The molecule has 0 saturated carbocycles. The summed E-state index contributed by atoms with van der Waals surface area (Å²) in [5.41, 5.74) is 3.40. The van der Waals surface area contributed by atoms with E-state index >= 15 is 0 Å². The highest BCUT2D eigenvalue weighted by Crippen LogP contribution is 2.20. The van der Waals surface area contributed by atoms with Gasteiger partial charge < -0.3 is 10.6 Å². The zero-order valence-electron chi connectivity index (χ0n) is 14.0. The Kier molecular flexibility index (Phi) is 5.62. The summed E-state index contributed by atoms with van der Waals surface area (Å²) in [6.45, 7) is 1.97. The second-order valence-corrected chi connectivity index (χ2v) is 6.74. The topological polar surface area (TPSA) is 71.1 Å². The van der Waals surface area contributed by atoms with E-state index in [2.05, 4.69) is 38.2 Å². The summed E-state index contributed by atoms with van der Waals surface area (Å²) in [5, 5.41) is 5.69. The van der Waals surface area contributed by atoms with Gasteiger partial charge in [-0.15, -0.1) is 0 Å². The third-order valence-corrected chi connectivity index (χ3v) is 5.19. The molecule has 0 fully saturated rings. The van der Waals surface area contributed by atoms with Gasteiger partial charge in [0.05, 0.1) is 5.56 Å². The van der Waals surface area contributed by atoms with E-state index in [1.165, 1.54) is 0 Å². The number of carbonyl (C=O) groups excluding carboxylic acids is 2. The molecule has 0 radical (unpaired) electrons. The lowest BCUT2D eigenvalue weighted by Crippen LogP contribution is -2.15. The largest absolute Gasteiger partial charge is 0.322 e. The van der Waals surface area contributed by atoms with E-state index in [-0.39, 0.29) is 11.8 Å². The quantitative estimate of drug-likeness (QED) is 0.567. The van der Waals surface area contributed by atoms with Crippen LogP contribution in [0.2, 0.25) is 0 Å². The predicted molar refractivity (Wildman–Crippen MR) is 110 cm³/mol. The molecule has 0 spiro atoms. The Morgan fingerprint density at radius 2 is 1.50 bits per heavy atom. The molecule has 6 heteroatoms. The number of hydrogen-bond donors (Lipinski definition) is 2. The minimum Gasteiger partial charge on any atom is -0.322 e. The van der Waals surface area contributed by atoms with Crippen molar-refractivity contribution in [3.05, 3.63) is 87.3 Å². The van der Waals surface area contributed by atoms with Crippen molar-refractivity contribution >= 4 is 45.8 Å². The van der Waals surface area contributed by atoms with Crippen LogP contribution in [0.5, 0.6) is 0 Å². The molecule has 2 amide bonds. The maximum Gasteiger partial charge on any atom is 0.256 e. The molecule has 0 bridgehead atoms. The van der Waals surface area contributed by atoms with Crippen molar-refractivity contribution in [3.63, 3.8) is 0 Å². The van der Waals surface area contributed by atoms with E-state index in [1.807, 2.05) is 19.1 Å². The third kappa shape index (κ3) is 4.26. The third-order valence-electron chi connectivity index (χ3n) is 3.76. The lowest BCUT2D eigenvalue weighted by atomic mass is 10.1. The minimum absolute atomic E-state index is 0.185. The predicted octanol–water partition coefficient (Wildman–Crippen LogP) is 4.50. The molecule has 1 aromatic heterocycles. The lowest BCUT2D eigenvalue weighted by molar-refractivity contribution is 0.101. The Morgan fingerprint density at radius 3 is 2.19 bits per heavy atom. The van der Waals surface area contributed by atoms with Gasteiger partial charge in [0.25, 0.3) is 11.8 Å². The highest BCUT2D eigenvalue weighted by molar-refractivity contribution is 14.1. The van der Waals surface area contributed by atoms with Crippen molar-refractivity contribution in [1.82, 2.24) is 4.98 Å². The van der Waals surface area contributed by atoms with Gasteiger partial charge in [-0.2, -0.15) is 0 Å². The smallest absolute Gasteiger partial charge is 0.256 e. The van der Waals surface area contributed by atoms with E-state index in [0.717, 1.165) is 9.13 Å². The highest BCUT2D eigenvalue weighted by atomic mass is 127. The van der Waals surface area contributed by atoms with Gasteiger partial charge in [0, 0.05) is 32.9 Å². The maximum absolute atomic E-state index is 12.5. The normalized spacial score (nSPS) is 10.2. The van der Waals surface area contributed by atoms with Gasteiger partial charge in [0.2, 0.25) is 0 Å². The van der Waals surface area contributed by atoms with Crippen LogP contribution in [0.25, 0.3) is 0 Å². The first-order valence-corrected chi connectivity index (χ1v) is 9.00. The number of pyridine rings is 1. The Bertz CT molecular complexity index is 958. The van der Waals surface area contributed by atoms with Crippen LogP contribution >= 0.6 is 22.6 Å². The van der Waals surface area contributed by atoms with Crippen LogP contribution in [0, 0.1) is 10.5 Å². The number of nitrogens with one attached hydrogen (secondary N) is 2. The maximum atomic E-state index is 12.5. The molecule has 3 rings (SSSR count). The average molecular weight is 457 g/mol. The van der Waals surface area contributed by atoms with Crippen LogP contribution in [0.3, 0.4) is 0 Å². The van der Waals surface area contributed by atoms with Gasteiger partial charge in [-0.1, -0.05) is 18.2 Å². The van der Waals surface area contributed by atoms with Crippen LogP contribution in [-0.4, -0.2) is 16.8 Å². The standard InChI is InChI=1S/C20H16IN3O2/c1-13-4-2-7-17(18(13)21)20(26)24-16-6-3-5-15(12-16)23-19(25)14-8-10-22-11-9-14/h2-12H,1H3,(H,23,25)(H,24,26). The number of benzene rings is 2. The van der Waals surface area contributed by atoms with Crippen molar-refractivity contribution in [3.8, 4) is 0 Å². The lowest BCUT2D eigenvalue weighted by Gasteiger charge is -2.10. The molecule has 26 heavy (non-hydrogen) atoms. The van der Waals surface area contributed by atoms with Gasteiger partial charge in [-0.25, -0.2) is 0 Å². The fourth-order valence-corrected chi connectivity index (χ4v) is 3.01. The fraction of sp³-hybridized carbons (Fsp3) is 0.0500. The molecule has 2 aromatic carbocycles. The molecule has 0 aliphatic heterocycles. The molecule has 2 N–H and O–H groups in total. The SMILES string of the molecule is Cc1cccc(C(=O)Nc2cccc(NC(=O)c3ccncc3)c2)c1I. The first kappa shape index (κ1) is 18.1. The number of halogens is 1. The number of rotatable bonds is 4. The molecule has 0 atom stereocenters. The molecule has 0 aliphatic rings. The fourth-order valence-electron chi connectivity index (χ4n) is 2.40. The first-order valence-electron chi connectivity index (χ1n) is 7.92. The molecule has 1 heterocycles. The summed E-state index contributed by atoms with van der Waals surface area (Å²) in [4.78, 5) is 28.7. The monoisotopic (exact) mass is 457 g/mol. The number of nitrogens with zero attached hydrogens (tertiary/aromatic N) is 1. The molecule has 5 nitrogen and oxygen atoms in total. The van der Waals surface area contributed by atoms with Crippen LogP contribution < -0.4 is 10.6 Å². The van der Waals surface area contributed by atoms with Gasteiger partial charge in [0.15, 0.2) is 0 Å². The summed E-state index contributed by atoms with van der Waals surface area (Å²) in [7, 11) is 0. The highest BCUT2D eigenvalue weighted by Gasteiger charge is 2.12. The van der Waals surface area contributed by atoms with Crippen molar-refractivity contribution in [2.24, 2.45) is 0 Å². The van der Waals surface area contributed by atoms with Crippen LogP contribution in [0.4, 0.5) is 11.4 Å². The summed E-state index contributed by atoms with van der Waals surface area (Å²) >= 11 is 2.17. The van der Waals surface area contributed by atoms with E-state index in [9.17, 15) is 9.59 Å². The number of carbonyl (C=O) groups is 2. The van der Waals surface area contributed by atoms with E-state index < -0.39 is 0 Å². The zero-order valence-corrected chi connectivity index (χ0v) is 16.2. The van der Waals surface area contributed by atoms with Gasteiger partial charge >= 0.3 is 0 Å². The first-order chi connectivity index (χ1) is 12.5. The number of aromatic nitrogens is 1. The van der Waals surface area contributed by atoms with Crippen LogP contribution in [-0.2, 0) is 0 Å². The van der Waals surface area contributed by atoms with Gasteiger partial charge in [-0.05, 0) is 71.5 Å². The Morgan fingerprint density at radius 1 is 0.885 bits per heavy atom. The molecule has 0 saturated heterocycles. The number of aryl methyl sites for hydroxylation is 1. The van der Waals surface area contributed by atoms with Crippen molar-refractivity contribution < 1.29 is 9.59 Å². The minimum atomic E-state index is -0.232. The average Bonchev–Trinajstić information content (AvgIpc) is 2.65. The molecule has 3 aromatic rings. The molecular formula is C20H16IN3O2. The van der Waals surface area contributed by atoms with E-state index in [0.29, 0.717) is 22.5 Å². The van der Waals surface area contributed by atoms with Crippen molar-refractivity contribution in [1.29, 1.82) is 0 Å². The van der Waals surface area contributed by atoms with Gasteiger partial charge in [0.1, 0.15) is 0 Å². The number of hydrogen-bond acceptors (Lipinski definition) is 3. The van der Waals surface area contributed by atoms with Crippen molar-refractivity contribution in [2.75, 3.05) is 10.6 Å². The second-order valence-electron chi connectivity index (χ2n) is 5.66. The van der Waals surface area contributed by atoms with Gasteiger partial charge in [-0.3, -0.25) is 14.6 Å². The summed E-state index contributed by atoms with van der Waals surface area (Å²) < 4.78 is 0.921. The summed E-state index contributed by atoms with van der Waals surface area (Å²) in [6.07, 6.45) is 3.13. The van der Waals surface area contributed by atoms with Crippen molar-refractivity contribution in [2.45, 2.75) is 6.92 Å². The number of anilines is 2. The zero-order chi connectivity index (χ0) is 18.5. The Labute approximate surface area is 165 Å². The molecule has 0 unspecified atom stereocenters. The van der Waals surface area contributed by atoms with E-state index in [1.54, 1.807) is 54.9 Å². The van der Waals surface area contributed by atoms with Crippen LogP contribution in [0.15, 0.2) is 67.0 Å². The number of amides is 2. The van der Waals surface area contributed by atoms with E-state index in [4.69, 9.17) is 0 Å². The molecular weight excluding hydrogens is 441 g/mol. The Hall–Kier alpha value is -2.74. The molecule has 0 aliphatic carbocycles. The second kappa shape index (κ2) is 8.09. The van der Waals surface area contributed by atoms with Crippen LogP contribution in [0.1, 0.15) is 26.3 Å². The summed E-state index contributed by atoms with van der Waals surface area (Å²) in [5.74, 6) is -0.417. The molecule has 130 valence electrons.